The molecular weight excluding hydrogens is 466 g/mol. The highest BCUT2D eigenvalue weighted by atomic mass is 35.5. The van der Waals surface area contributed by atoms with Crippen molar-refractivity contribution in [3.8, 4) is 23.2 Å². The molecule has 0 spiro atoms. The van der Waals surface area contributed by atoms with Crippen LogP contribution in [-0.4, -0.2) is 33.5 Å². The molecule has 0 bridgehead atoms. The largest absolute Gasteiger partial charge is 0.496 e. The van der Waals surface area contributed by atoms with Crippen LogP contribution in [0.2, 0.25) is 5.02 Å². The molecule has 1 aliphatic carbocycles. The Bertz CT molecular complexity index is 1210. The second-order valence-corrected chi connectivity index (χ2v) is 10.2. The summed E-state index contributed by atoms with van der Waals surface area (Å²) < 4.78 is 7.21. The summed E-state index contributed by atoms with van der Waals surface area (Å²) >= 11 is 8.95. The Morgan fingerprint density at radius 3 is 3.03 bits per heavy atom. The van der Waals surface area contributed by atoms with E-state index in [-0.39, 0.29) is 11.7 Å². The van der Waals surface area contributed by atoms with E-state index in [0.717, 1.165) is 30.4 Å². The van der Waals surface area contributed by atoms with Crippen LogP contribution in [0, 0.1) is 17.2 Å². The first-order valence-electron chi connectivity index (χ1n) is 10.1. The molecule has 0 saturated heterocycles. The lowest BCUT2D eigenvalue weighted by Crippen LogP contribution is -2.14. The number of halogens is 1. The zero-order valence-corrected chi connectivity index (χ0v) is 20.3. The van der Waals surface area contributed by atoms with Gasteiger partial charge in [0.25, 0.3) is 0 Å². The Labute approximate surface area is 199 Å². The number of amides is 1. The highest BCUT2D eigenvalue weighted by Gasteiger charge is 2.25. The summed E-state index contributed by atoms with van der Waals surface area (Å²) in [5.74, 6) is 1.82. The minimum atomic E-state index is -0.178. The number of carbonyl (C=O) groups excluding carboxylic acids is 1. The third-order valence-corrected chi connectivity index (χ3v) is 7.87. The maximum Gasteiger partial charge on any atom is 0.235 e. The van der Waals surface area contributed by atoms with Crippen LogP contribution < -0.4 is 10.1 Å². The number of aromatic nitrogens is 3. The van der Waals surface area contributed by atoms with Crippen LogP contribution in [0.5, 0.6) is 5.75 Å². The minimum absolute atomic E-state index is 0.155. The Kier molecular flexibility index (Phi) is 6.74. The van der Waals surface area contributed by atoms with Crippen LogP contribution in [0.25, 0.3) is 11.4 Å². The lowest BCUT2D eigenvalue weighted by molar-refractivity contribution is -0.113. The van der Waals surface area contributed by atoms with Crippen LogP contribution >= 0.6 is 34.7 Å². The van der Waals surface area contributed by atoms with E-state index in [4.69, 9.17) is 16.3 Å². The molecule has 1 aromatic carbocycles. The van der Waals surface area contributed by atoms with E-state index in [1.807, 2.05) is 7.05 Å². The first-order valence-corrected chi connectivity index (χ1v) is 12.3. The summed E-state index contributed by atoms with van der Waals surface area (Å²) in [5.41, 5.74) is 2.44. The average Bonchev–Trinajstić information content (AvgIpc) is 3.30. The number of rotatable bonds is 6. The van der Waals surface area contributed by atoms with Gasteiger partial charge in [0, 0.05) is 16.9 Å². The van der Waals surface area contributed by atoms with Crippen molar-refractivity contribution in [3.05, 3.63) is 39.2 Å². The maximum atomic E-state index is 12.6. The predicted molar refractivity (Wildman–Crippen MR) is 128 cm³/mol. The maximum absolute atomic E-state index is 12.6. The van der Waals surface area contributed by atoms with Gasteiger partial charge in [0.05, 0.1) is 24.0 Å². The molecule has 1 aliphatic rings. The smallest absolute Gasteiger partial charge is 0.235 e. The SMILES string of the molecule is COc1ccc(Cl)cc1-c1nnc(SCC(=O)Nc2sc3c(c2C#N)CCC(C)C3)n1C. The number of nitriles is 1. The minimum Gasteiger partial charge on any atom is -0.496 e. The molecule has 10 heteroatoms. The molecule has 32 heavy (non-hydrogen) atoms. The second-order valence-electron chi connectivity index (χ2n) is 7.71. The molecule has 0 radical (unpaired) electrons. The number of anilines is 1. The fraction of sp³-hybridized carbons (Fsp3) is 0.364. The summed E-state index contributed by atoms with van der Waals surface area (Å²) in [7, 11) is 3.42. The number of hydrogen-bond donors (Lipinski definition) is 1. The molecule has 1 unspecified atom stereocenters. The number of thioether (sulfide) groups is 1. The fourth-order valence-electron chi connectivity index (χ4n) is 3.78. The Morgan fingerprint density at radius 1 is 1.47 bits per heavy atom. The van der Waals surface area contributed by atoms with Gasteiger partial charge in [0.2, 0.25) is 5.91 Å². The molecule has 7 nitrogen and oxygen atoms in total. The van der Waals surface area contributed by atoms with Gasteiger partial charge in [-0.2, -0.15) is 5.26 Å². The van der Waals surface area contributed by atoms with Crippen molar-refractivity contribution in [2.45, 2.75) is 31.3 Å². The molecule has 1 N–H and O–H groups in total. The average molecular weight is 488 g/mol. The van der Waals surface area contributed by atoms with Crippen LogP contribution in [0.3, 0.4) is 0 Å². The van der Waals surface area contributed by atoms with Crippen molar-refractivity contribution in [2.75, 3.05) is 18.2 Å². The first kappa shape index (κ1) is 22.6. The Hall–Kier alpha value is -2.54. The van der Waals surface area contributed by atoms with Gasteiger partial charge in [-0.05, 0) is 48.9 Å². The van der Waals surface area contributed by atoms with E-state index in [9.17, 15) is 10.1 Å². The number of nitrogens with one attached hydrogen (secondary N) is 1. The van der Waals surface area contributed by atoms with Gasteiger partial charge in [-0.15, -0.1) is 21.5 Å². The summed E-state index contributed by atoms with van der Waals surface area (Å²) in [6, 6.07) is 7.58. The first-order chi connectivity index (χ1) is 15.4. The summed E-state index contributed by atoms with van der Waals surface area (Å²) in [5, 5.41) is 22.8. The highest BCUT2D eigenvalue weighted by molar-refractivity contribution is 7.99. The van der Waals surface area contributed by atoms with Crippen molar-refractivity contribution in [2.24, 2.45) is 13.0 Å². The van der Waals surface area contributed by atoms with Gasteiger partial charge in [0.1, 0.15) is 16.8 Å². The van der Waals surface area contributed by atoms with E-state index in [1.54, 1.807) is 29.9 Å². The zero-order chi connectivity index (χ0) is 22.8. The molecule has 2 aromatic heterocycles. The number of hydrogen-bond acceptors (Lipinski definition) is 7. The van der Waals surface area contributed by atoms with Crippen molar-refractivity contribution >= 4 is 45.6 Å². The van der Waals surface area contributed by atoms with Crippen molar-refractivity contribution in [1.29, 1.82) is 5.26 Å². The third-order valence-electron chi connectivity index (χ3n) is 5.45. The molecule has 0 saturated carbocycles. The van der Waals surface area contributed by atoms with Crippen molar-refractivity contribution in [3.63, 3.8) is 0 Å². The van der Waals surface area contributed by atoms with Gasteiger partial charge < -0.3 is 14.6 Å². The molecule has 4 rings (SSSR count). The molecule has 1 atom stereocenters. The molecule has 3 aromatic rings. The fourth-order valence-corrected chi connectivity index (χ4v) is 6.04. The van der Waals surface area contributed by atoms with Gasteiger partial charge in [-0.1, -0.05) is 30.3 Å². The van der Waals surface area contributed by atoms with E-state index in [1.165, 1.54) is 28.0 Å². The van der Waals surface area contributed by atoms with Crippen molar-refractivity contribution < 1.29 is 9.53 Å². The second kappa shape index (κ2) is 9.53. The molecule has 166 valence electrons. The van der Waals surface area contributed by atoms with E-state index >= 15 is 0 Å². The summed E-state index contributed by atoms with van der Waals surface area (Å²) in [6.07, 6.45) is 2.94. The van der Waals surface area contributed by atoms with Gasteiger partial charge in [0.15, 0.2) is 11.0 Å². The van der Waals surface area contributed by atoms with Crippen LogP contribution in [-0.2, 0) is 24.7 Å². The van der Waals surface area contributed by atoms with Gasteiger partial charge in [-0.3, -0.25) is 4.79 Å². The third kappa shape index (κ3) is 4.49. The van der Waals surface area contributed by atoms with Crippen LogP contribution in [0.4, 0.5) is 5.00 Å². The number of methoxy groups -OCH3 is 1. The van der Waals surface area contributed by atoms with Gasteiger partial charge >= 0.3 is 0 Å². The van der Waals surface area contributed by atoms with E-state index in [2.05, 4.69) is 28.5 Å². The number of benzene rings is 1. The number of nitrogens with zero attached hydrogens (tertiary/aromatic N) is 4. The lowest BCUT2D eigenvalue weighted by Gasteiger charge is -2.17. The summed E-state index contributed by atoms with van der Waals surface area (Å²) in [6.45, 7) is 2.22. The molecule has 2 heterocycles. The number of thiophene rings is 1. The zero-order valence-electron chi connectivity index (χ0n) is 17.9. The topological polar surface area (TPSA) is 92.8 Å². The molecule has 0 aliphatic heterocycles. The standard InChI is InChI=1S/C22H22ClN5O2S2/c1-12-4-6-14-16(10-24)21(32-18(14)8-12)25-19(29)11-31-22-27-26-20(28(22)2)15-9-13(23)5-7-17(15)30-3/h5,7,9,12H,4,6,8,11H2,1-3H3,(H,25,29). The van der Waals surface area contributed by atoms with E-state index in [0.29, 0.717) is 38.2 Å². The Morgan fingerprint density at radius 2 is 2.28 bits per heavy atom. The molecule has 1 amide bonds. The lowest BCUT2D eigenvalue weighted by atomic mass is 9.89. The van der Waals surface area contributed by atoms with Gasteiger partial charge in [-0.25, -0.2) is 0 Å². The number of ether oxygens (including phenoxy) is 1. The normalized spacial score (nSPS) is 15.2. The van der Waals surface area contributed by atoms with Crippen molar-refractivity contribution in [1.82, 2.24) is 14.8 Å². The number of carbonyl (C=O) groups is 1. The monoisotopic (exact) mass is 487 g/mol. The van der Waals surface area contributed by atoms with E-state index < -0.39 is 0 Å². The highest BCUT2D eigenvalue weighted by Crippen LogP contribution is 2.39. The van der Waals surface area contributed by atoms with Crippen LogP contribution in [0.15, 0.2) is 23.4 Å². The predicted octanol–water partition coefficient (Wildman–Crippen LogP) is 4.93. The number of fused-ring (bicyclic) bond motifs is 1. The molecule has 0 fully saturated rings. The summed E-state index contributed by atoms with van der Waals surface area (Å²) in [4.78, 5) is 13.9. The Balaban J connectivity index is 1.46. The van der Waals surface area contributed by atoms with Crippen LogP contribution in [0.1, 0.15) is 29.3 Å². The molecular formula is C22H22ClN5O2S2. The quantitative estimate of drug-likeness (QED) is 0.495.